The SMILES string of the molecule is CNCCc1c(Br)c(-c2ccc(C)c(C)c2)nn1C. The maximum atomic E-state index is 4.65. The normalized spacial score (nSPS) is 11.0. The highest BCUT2D eigenvalue weighted by Crippen LogP contribution is 2.31. The van der Waals surface area contributed by atoms with Gasteiger partial charge >= 0.3 is 0 Å². The second kappa shape index (κ2) is 5.88. The van der Waals surface area contributed by atoms with Gasteiger partial charge in [0.25, 0.3) is 0 Å². The van der Waals surface area contributed by atoms with Gasteiger partial charge in [0, 0.05) is 25.6 Å². The Labute approximate surface area is 123 Å². The van der Waals surface area contributed by atoms with Crippen LogP contribution in [0, 0.1) is 13.8 Å². The van der Waals surface area contributed by atoms with Crippen LogP contribution < -0.4 is 5.32 Å². The Hall–Kier alpha value is -1.13. The third-order valence-corrected chi connectivity index (χ3v) is 4.33. The molecule has 2 rings (SSSR count). The minimum atomic E-state index is 0.949. The molecule has 1 N–H and O–H groups in total. The predicted octanol–water partition coefficient (Wildman–Crippen LogP) is 3.23. The molecule has 2 aromatic rings. The van der Waals surface area contributed by atoms with Gasteiger partial charge in [-0.05, 0) is 54.0 Å². The fraction of sp³-hybridized carbons (Fsp3) is 0.400. The Morgan fingerprint density at radius 1 is 1.26 bits per heavy atom. The molecule has 4 heteroatoms. The highest BCUT2D eigenvalue weighted by molar-refractivity contribution is 9.10. The first-order valence-electron chi connectivity index (χ1n) is 6.48. The average Bonchev–Trinajstić information content (AvgIpc) is 2.66. The van der Waals surface area contributed by atoms with Gasteiger partial charge in [0.2, 0.25) is 0 Å². The lowest BCUT2D eigenvalue weighted by molar-refractivity contribution is 0.681. The molecule has 102 valence electrons. The molecule has 0 aliphatic rings. The Morgan fingerprint density at radius 2 is 2.00 bits per heavy atom. The number of halogens is 1. The minimum absolute atomic E-state index is 0.949. The van der Waals surface area contributed by atoms with Crippen molar-refractivity contribution >= 4 is 15.9 Å². The van der Waals surface area contributed by atoms with Crippen LogP contribution in [-0.2, 0) is 13.5 Å². The third kappa shape index (κ3) is 2.90. The molecule has 0 saturated heterocycles. The van der Waals surface area contributed by atoms with Crippen molar-refractivity contribution < 1.29 is 0 Å². The van der Waals surface area contributed by atoms with E-state index >= 15 is 0 Å². The molecule has 0 saturated carbocycles. The molecule has 0 atom stereocenters. The number of aryl methyl sites for hydroxylation is 3. The molecule has 0 aliphatic heterocycles. The maximum Gasteiger partial charge on any atom is 0.107 e. The summed E-state index contributed by atoms with van der Waals surface area (Å²) in [5.41, 5.74) is 6.03. The highest BCUT2D eigenvalue weighted by atomic mass is 79.9. The van der Waals surface area contributed by atoms with Gasteiger partial charge in [-0.1, -0.05) is 12.1 Å². The van der Waals surface area contributed by atoms with E-state index in [0.29, 0.717) is 0 Å². The van der Waals surface area contributed by atoms with E-state index in [-0.39, 0.29) is 0 Å². The first-order valence-corrected chi connectivity index (χ1v) is 7.27. The Balaban J connectivity index is 2.42. The van der Waals surface area contributed by atoms with Gasteiger partial charge in [-0.2, -0.15) is 5.10 Å². The summed E-state index contributed by atoms with van der Waals surface area (Å²) in [4.78, 5) is 0. The molecule has 0 fully saturated rings. The van der Waals surface area contributed by atoms with Crippen molar-refractivity contribution in [3.05, 3.63) is 39.5 Å². The molecule has 1 aromatic carbocycles. The molecule has 0 bridgehead atoms. The largest absolute Gasteiger partial charge is 0.319 e. The van der Waals surface area contributed by atoms with E-state index in [1.807, 2.05) is 18.8 Å². The molecule has 3 nitrogen and oxygen atoms in total. The molecule has 1 aromatic heterocycles. The van der Waals surface area contributed by atoms with Crippen LogP contribution in [0.25, 0.3) is 11.3 Å². The van der Waals surface area contributed by atoms with Gasteiger partial charge in [0.1, 0.15) is 5.69 Å². The maximum absolute atomic E-state index is 4.65. The van der Waals surface area contributed by atoms with Gasteiger partial charge in [-0.15, -0.1) is 0 Å². The van der Waals surface area contributed by atoms with Crippen LogP contribution >= 0.6 is 15.9 Å². The summed E-state index contributed by atoms with van der Waals surface area (Å²) in [7, 11) is 3.97. The summed E-state index contributed by atoms with van der Waals surface area (Å²) in [5.74, 6) is 0. The van der Waals surface area contributed by atoms with Crippen molar-refractivity contribution in [1.29, 1.82) is 0 Å². The van der Waals surface area contributed by atoms with E-state index in [0.717, 1.165) is 23.1 Å². The van der Waals surface area contributed by atoms with Crippen LogP contribution in [0.4, 0.5) is 0 Å². The zero-order valence-corrected chi connectivity index (χ0v) is 13.5. The van der Waals surface area contributed by atoms with Gasteiger partial charge in [-0.3, -0.25) is 4.68 Å². The molecule has 0 aliphatic carbocycles. The Morgan fingerprint density at radius 3 is 2.63 bits per heavy atom. The fourth-order valence-electron chi connectivity index (χ4n) is 2.12. The number of likely N-dealkylation sites (N-methyl/N-ethyl adjacent to an activating group) is 1. The lowest BCUT2D eigenvalue weighted by Gasteiger charge is -2.03. The number of aromatic nitrogens is 2. The molecule has 0 spiro atoms. The summed E-state index contributed by atoms with van der Waals surface area (Å²) < 4.78 is 3.07. The lowest BCUT2D eigenvalue weighted by atomic mass is 10.0. The number of hydrogen-bond donors (Lipinski definition) is 1. The van der Waals surface area contributed by atoms with Gasteiger partial charge in [0.15, 0.2) is 0 Å². The van der Waals surface area contributed by atoms with Crippen LogP contribution in [0.15, 0.2) is 22.7 Å². The smallest absolute Gasteiger partial charge is 0.107 e. The zero-order valence-electron chi connectivity index (χ0n) is 11.9. The summed E-state index contributed by atoms with van der Waals surface area (Å²) in [6, 6.07) is 6.49. The quantitative estimate of drug-likeness (QED) is 0.937. The predicted molar refractivity (Wildman–Crippen MR) is 83.4 cm³/mol. The van der Waals surface area contributed by atoms with E-state index in [1.165, 1.54) is 22.4 Å². The highest BCUT2D eigenvalue weighted by Gasteiger charge is 2.15. The fourth-order valence-corrected chi connectivity index (χ4v) is 2.88. The van der Waals surface area contributed by atoms with Crippen molar-refractivity contribution in [1.82, 2.24) is 15.1 Å². The molecule has 0 amide bonds. The Bertz CT molecular complexity index is 587. The molecule has 0 unspecified atom stereocenters. The van der Waals surface area contributed by atoms with Gasteiger partial charge in [-0.25, -0.2) is 0 Å². The first kappa shape index (κ1) is 14.3. The number of nitrogens with zero attached hydrogens (tertiary/aromatic N) is 2. The molecular weight excluding hydrogens is 302 g/mol. The summed E-state index contributed by atoms with van der Waals surface area (Å²) >= 11 is 3.70. The van der Waals surface area contributed by atoms with Crippen molar-refractivity contribution in [2.45, 2.75) is 20.3 Å². The van der Waals surface area contributed by atoms with E-state index in [4.69, 9.17) is 0 Å². The van der Waals surface area contributed by atoms with Crippen molar-refractivity contribution in [3.8, 4) is 11.3 Å². The molecular formula is C15H20BrN3. The van der Waals surface area contributed by atoms with E-state index < -0.39 is 0 Å². The van der Waals surface area contributed by atoms with E-state index in [2.05, 4.69) is 58.4 Å². The standard InChI is InChI=1S/C15H20BrN3/c1-10-5-6-12(9-11(10)2)15-14(16)13(7-8-17-3)19(4)18-15/h5-6,9,17H,7-8H2,1-4H3. The second-order valence-electron chi connectivity index (χ2n) is 4.89. The van der Waals surface area contributed by atoms with Crippen LogP contribution in [0.1, 0.15) is 16.8 Å². The molecule has 19 heavy (non-hydrogen) atoms. The van der Waals surface area contributed by atoms with Crippen LogP contribution in [-0.4, -0.2) is 23.4 Å². The molecule has 0 radical (unpaired) electrons. The van der Waals surface area contributed by atoms with Crippen molar-refractivity contribution in [2.24, 2.45) is 7.05 Å². The van der Waals surface area contributed by atoms with Crippen molar-refractivity contribution in [2.75, 3.05) is 13.6 Å². The monoisotopic (exact) mass is 321 g/mol. The second-order valence-corrected chi connectivity index (χ2v) is 5.68. The third-order valence-electron chi connectivity index (χ3n) is 3.49. The van der Waals surface area contributed by atoms with Gasteiger partial charge in [0.05, 0.1) is 10.2 Å². The lowest BCUT2D eigenvalue weighted by Crippen LogP contribution is -2.12. The number of nitrogens with one attached hydrogen (secondary N) is 1. The van der Waals surface area contributed by atoms with Gasteiger partial charge < -0.3 is 5.32 Å². The van der Waals surface area contributed by atoms with Crippen LogP contribution in [0.5, 0.6) is 0 Å². The topological polar surface area (TPSA) is 29.9 Å². The van der Waals surface area contributed by atoms with Crippen LogP contribution in [0.2, 0.25) is 0 Å². The summed E-state index contributed by atoms with van der Waals surface area (Å²) in [5, 5.41) is 7.82. The number of hydrogen-bond acceptors (Lipinski definition) is 2. The zero-order chi connectivity index (χ0) is 14.0. The first-order chi connectivity index (χ1) is 9.04. The Kier molecular flexibility index (Phi) is 4.42. The van der Waals surface area contributed by atoms with E-state index in [1.54, 1.807) is 0 Å². The number of benzene rings is 1. The van der Waals surface area contributed by atoms with Crippen LogP contribution in [0.3, 0.4) is 0 Å². The minimum Gasteiger partial charge on any atom is -0.319 e. The van der Waals surface area contributed by atoms with Crippen molar-refractivity contribution in [3.63, 3.8) is 0 Å². The molecule has 1 heterocycles. The summed E-state index contributed by atoms with van der Waals surface area (Å²) in [6.07, 6.45) is 0.964. The number of rotatable bonds is 4. The van der Waals surface area contributed by atoms with E-state index in [9.17, 15) is 0 Å². The summed E-state index contributed by atoms with van der Waals surface area (Å²) in [6.45, 7) is 5.22. The average molecular weight is 322 g/mol.